The minimum atomic E-state index is 0.161. The Morgan fingerprint density at radius 2 is 1.76 bits per heavy atom. The summed E-state index contributed by atoms with van der Waals surface area (Å²) in [6.07, 6.45) is 1.13. The molecule has 0 saturated heterocycles. The predicted molar refractivity (Wildman–Crippen MR) is 72.6 cm³/mol. The normalized spacial score (nSPS) is 12.8. The van der Waals surface area contributed by atoms with E-state index in [0.29, 0.717) is 18.5 Å². The second-order valence-corrected chi connectivity index (χ2v) is 4.89. The van der Waals surface area contributed by atoms with Crippen molar-refractivity contribution in [2.45, 2.75) is 46.1 Å². The summed E-state index contributed by atoms with van der Waals surface area (Å²) in [5.74, 6) is 0.724. The van der Waals surface area contributed by atoms with Gasteiger partial charge in [-0.1, -0.05) is 52.0 Å². The highest BCUT2D eigenvalue weighted by Gasteiger charge is 2.07. The zero-order valence-corrected chi connectivity index (χ0v) is 11.3. The molecule has 0 aromatic heterocycles. The highest BCUT2D eigenvalue weighted by molar-refractivity contribution is 5.97. The number of Topliss-reactive ketones (excluding diaryl/α,β-unsaturated/α-hetero) is 1. The molecule has 1 rings (SSSR count). The highest BCUT2D eigenvalue weighted by Crippen LogP contribution is 2.18. The summed E-state index contributed by atoms with van der Waals surface area (Å²) in [5, 5.41) is 3.14. The molecule has 0 fully saturated rings. The van der Waals surface area contributed by atoms with E-state index < -0.39 is 0 Å². The minimum Gasteiger partial charge on any atom is -0.307 e. The molecule has 1 aromatic carbocycles. The van der Waals surface area contributed by atoms with Crippen molar-refractivity contribution in [2.75, 3.05) is 6.54 Å². The molecule has 0 radical (unpaired) electrons. The lowest BCUT2D eigenvalue weighted by Crippen LogP contribution is -2.29. The van der Waals surface area contributed by atoms with Gasteiger partial charge in [0.05, 0.1) is 6.54 Å². The maximum absolute atomic E-state index is 11.8. The van der Waals surface area contributed by atoms with Crippen LogP contribution in [0.4, 0.5) is 0 Å². The van der Waals surface area contributed by atoms with Crippen LogP contribution in [0.1, 0.15) is 56.0 Å². The average Bonchev–Trinajstić information content (AvgIpc) is 2.35. The van der Waals surface area contributed by atoms with Gasteiger partial charge in [0.15, 0.2) is 5.78 Å². The van der Waals surface area contributed by atoms with Crippen molar-refractivity contribution in [1.82, 2.24) is 5.32 Å². The molecule has 0 saturated carbocycles. The number of ketones is 1. The number of benzene rings is 1. The lowest BCUT2D eigenvalue weighted by molar-refractivity contribution is 0.0988. The SMILES string of the molecule is CCC(C)c1ccc(C(=O)CNC(C)C)cc1. The maximum atomic E-state index is 11.8. The third kappa shape index (κ3) is 4.31. The van der Waals surface area contributed by atoms with Gasteiger partial charge in [-0.05, 0) is 17.9 Å². The van der Waals surface area contributed by atoms with E-state index in [1.165, 1.54) is 5.56 Å². The van der Waals surface area contributed by atoms with Gasteiger partial charge in [0.2, 0.25) is 0 Å². The average molecular weight is 233 g/mol. The summed E-state index contributed by atoms with van der Waals surface area (Å²) < 4.78 is 0. The van der Waals surface area contributed by atoms with Crippen LogP contribution in [0.5, 0.6) is 0 Å². The molecule has 1 aromatic rings. The molecule has 0 aliphatic heterocycles. The lowest BCUT2D eigenvalue weighted by atomic mass is 9.97. The molecule has 1 atom stereocenters. The fourth-order valence-corrected chi connectivity index (χ4v) is 1.63. The van der Waals surface area contributed by atoms with E-state index in [0.717, 1.165) is 12.0 Å². The third-order valence-electron chi connectivity index (χ3n) is 3.08. The van der Waals surface area contributed by atoms with Gasteiger partial charge in [-0.2, -0.15) is 0 Å². The van der Waals surface area contributed by atoms with E-state index in [-0.39, 0.29) is 5.78 Å². The number of carbonyl (C=O) groups is 1. The van der Waals surface area contributed by atoms with Crippen molar-refractivity contribution in [1.29, 1.82) is 0 Å². The first kappa shape index (κ1) is 13.9. The quantitative estimate of drug-likeness (QED) is 0.763. The second-order valence-electron chi connectivity index (χ2n) is 4.89. The smallest absolute Gasteiger partial charge is 0.176 e. The monoisotopic (exact) mass is 233 g/mol. The fraction of sp³-hybridized carbons (Fsp3) is 0.533. The fourth-order valence-electron chi connectivity index (χ4n) is 1.63. The Balaban J connectivity index is 2.64. The number of nitrogens with one attached hydrogen (secondary N) is 1. The lowest BCUT2D eigenvalue weighted by Gasteiger charge is -2.10. The molecule has 2 nitrogen and oxygen atoms in total. The Labute approximate surface area is 104 Å². The molecule has 0 bridgehead atoms. The Kier molecular flexibility index (Phi) is 5.36. The molecule has 1 unspecified atom stereocenters. The van der Waals surface area contributed by atoms with Crippen molar-refractivity contribution >= 4 is 5.78 Å². The molecular formula is C15H23NO. The van der Waals surface area contributed by atoms with Crippen LogP contribution in [0.2, 0.25) is 0 Å². The zero-order chi connectivity index (χ0) is 12.8. The maximum Gasteiger partial charge on any atom is 0.176 e. The third-order valence-corrected chi connectivity index (χ3v) is 3.08. The summed E-state index contributed by atoms with van der Waals surface area (Å²) in [6.45, 7) is 8.88. The molecule has 94 valence electrons. The number of rotatable bonds is 6. The van der Waals surface area contributed by atoms with Gasteiger partial charge in [0, 0.05) is 11.6 Å². The van der Waals surface area contributed by atoms with Crippen LogP contribution in [0.3, 0.4) is 0 Å². The zero-order valence-electron chi connectivity index (χ0n) is 11.3. The predicted octanol–water partition coefficient (Wildman–Crippen LogP) is 3.38. The molecule has 1 N–H and O–H groups in total. The molecule has 0 aliphatic carbocycles. The van der Waals surface area contributed by atoms with Crippen LogP contribution < -0.4 is 5.32 Å². The van der Waals surface area contributed by atoms with Crippen molar-refractivity contribution in [2.24, 2.45) is 0 Å². The largest absolute Gasteiger partial charge is 0.307 e. The van der Waals surface area contributed by atoms with Crippen molar-refractivity contribution in [3.63, 3.8) is 0 Å². The van der Waals surface area contributed by atoms with E-state index in [4.69, 9.17) is 0 Å². The van der Waals surface area contributed by atoms with Gasteiger partial charge >= 0.3 is 0 Å². The second kappa shape index (κ2) is 6.55. The van der Waals surface area contributed by atoms with Crippen LogP contribution in [0.15, 0.2) is 24.3 Å². The van der Waals surface area contributed by atoms with Crippen LogP contribution in [0.25, 0.3) is 0 Å². The topological polar surface area (TPSA) is 29.1 Å². The van der Waals surface area contributed by atoms with Gasteiger partial charge in [-0.25, -0.2) is 0 Å². The first-order chi connectivity index (χ1) is 8.04. The molecule has 0 spiro atoms. The van der Waals surface area contributed by atoms with Gasteiger partial charge in [0.25, 0.3) is 0 Å². The number of hydrogen-bond acceptors (Lipinski definition) is 2. The molecule has 0 amide bonds. The van der Waals surface area contributed by atoms with E-state index >= 15 is 0 Å². The van der Waals surface area contributed by atoms with Crippen molar-refractivity contribution in [3.8, 4) is 0 Å². The van der Waals surface area contributed by atoms with Gasteiger partial charge < -0.3 is 5.32 Å². The van der Waals surface area contributed by atoms with Gasteiger partial charge in [-0.15, -0.1) is 0 Å². The molecule has 0 aliphatic rings. The van der Waals surface area contributed by atoms with Gasteiger partial charge in [-0.3, -0.25) is 4.79 Å². The van der Waals surface area contributed by atoms with E-state index in [9.17, 15) is 4.79 Å². The van der Waals surface area contributed by atoms with E-state index in [1.807, 2.05) is 26.0 Å². The number of hydrogen-bond donors (Lipinski definition) is 1. The standard InChI is InChI=1S/C15H23NO/c1-5-12(4)13-6-8-14(9-7-13)15(17)10-16-11(2)3/h6-9,11-12,16H,5,10H2,1-4H3. The number of carbonyl (C=O) groups excluding carboxylic acids is 1. The minimum absolute atomic E-state index is 0.161. The first-order valence-corrected chi connectivity index (χ1v) is 6.41. The Morgan fingerprint density at radius 3 is 2.24 bits per heavy atom. The summed E-state index contributed by atoms with van der Waals surface area (Å²) in [6, 6.07) is 8.35. The van der Waals surface area contributed by atoms with Gasteiger partial charge in [0.1, 0.15) is 0 Å². The first-order valence-electron chi connectivity index (χ1n) is 6.41. The molecule has 0 heterocycles. The summed E-state index contributed by atoms with van der Waals surface area (Å²) in [7, 11) is 0. The Hall–Kier alpha value is -1.15. The van der Waals surface area contributed by atoms with Crippen LogP contribution in [-0.4, -0.2) is 18.4 Å². The summed E-state index contributed by atoms with van der Waals surface area (Å²) in [5.41, 5.74) is 2.10. The highest BCUT2D eigenvalue weighted by atomic mass is 16.1. The summed E-state index contributed by atoms with van der Waals surface area (Å²) in [4.78, 5) is 11.8. The van der Waals surface area contributed by atoms with Crippen LogP contribution >= 0.6 is 0 Å². The van der Waals surface area contributed by atoms with Crippen LogP contribution in [0, 0.1) is 0 Å². The van der Waals surface area contributed by atoms with E-state index in [2.05, 4.69) is 31.3 Å². The van der Waals surface area contributed by atoms with Crippen molar-refractivity contribution < 1.29 is 4.79 Å². The molecule has 17 heavy (non-hydrogen) atoms. The Bertz CT molecular complexity index is 354. The Morgan fingerprint density at radius 1 is 1.18 bits per heavy atom. The van der Waals surface area contributed by atoms with Crippen molar-refractivity contribution in [3.05, 3.63) is 35.4 Å². The molecule has 2 heteroatoms. The molecular weight excluding hydrogens is 210 g/mol. The summed E-state index contributed by atoms with van der Waals surface area (Å²) >= 11 is 0. The van der Waals surface area contributed by atoms with Crippen LogP contribution in [-0.2, 0) is 0 Å². The van der Waals surface area contributed by atoms with E-state index in [1.54, 1.807) is 0 Å².